The van der Waals surface area contributed by atoms with Crippen molar-refractivity contribution in [2.45, 2.75) is 45.1 Å². The van der Waals surface area contributed by atoms with Crippen LogP contribution in [-0.2, 0) is 5.41 Å². The topological polar surface area (TPSA) is 22.1 Å². The van der Waals surface area contributed by atoms with Crippen molar-refractivity contribution < 1.29 is 4.74 Å². The van der Waals surface area contributed by atoms with E-state index in [1.807, 2.05) is 6.20 Å². The Morgan fingerprint density at radius 3 is 2.60 bits per heavy atom. The van der Waals surface area contributed by atoms with Crippen molar-refractivity contribution in [2.24, 2.45) is 0 Å². The molecule has 0 bridgehead atoms. The molecule has 0 unspecified atom stereocenters. The summed E-state index contributed by atoms with van der Waals surface area (Å²) in [6.45, 7) is 6.60. The molecule has 1 saturated carbocycles. The molecular formula is C12H16INO. The Bertz CT molecular complexity index is 366. The summed E-state index contributed by atoms with van der Waals surface area (Å²) in [6.07, 6.45) is 4.66. The Kier molecular flexibility index (Phi) is 2.92. The van der Waals surface area contributed by atoms with Gasteiger partial charge >= 0.3 is 0 Å². The normalized spacial score (nSPS) is 16.5. The molecule has 0 aromatic carbocycles. The van der Waals surface area contributed by atoms with Crippen molar-refractivity contribution in [1.82, 2.24) is 4.98 Å². The number of halogens is 1. The van der Waals surface area contributed by atoms with E-state index in [-0.39, 0.29) is 5.41 Å². The van der Waals surface area contributed by atoms with Gasteiger partial charge in [0.25, 0.3) is 0 Å². The van der Waals surface area contributed by atoms with Gasteiger partial charge in [0.1, 0.15) is 9.45 Å². The average molecular weight is 317 g/mol. The zero-order valence-corrected chi connectivity index (χ0v) is 11.5. The number of hydrogen-bond acceptors (Lipinski definition) is 2. The van der Waals surface area contributed by atoms with Crippen LogP contribution in [0.2, 0.25) is 0 Å². The summed E-state index contributed by atoms with van der Waals surface area (Å²) in [5.41, 5.74) is 1.40. The molecular weight excluding hydrogens is 301 g/mol. The summed E-state index contributed by atoms with van der Waals surface area (Å²) in [5.74, 6) is 0.919. The summed E-state index contributed by atoms with van der Waals surface area (Å²) in [5, 5.41) is 0. The van der Waals surface area contributed by atoms with Gasteiger partial charge in [0.05, 0.1) is 12.3 Å². The second kappa shape index (κ2) is 3.92. The van der Waals surface area contributed by atoms with Gasteiger partial charge in [0.2, 0.25) is 0 Å². The molecule has 15 heavy (non-hydrogen) atoms. The molecule has 0 spiro atoms. The third-order valence-corrected chi connectivity index (χ3v) is 3.31. The SMILES string of the molecule is CC(C)(C)c1cc(OC2CC2)cnc1I. The third-order valence-electron chi connectivity index (χ3n) is 2.45. The molecule has 2 rings (SSSR count). The van der Waals surface area contributed by atoms with E-state index in [0.717, 1.165) is 9.45 Å². The molecule has 1 aromatic heterocycles. The molecule has 0 aliphatic heterocycles. The molecule has 0 amide bonds. The van der Waals surface area contributed by atoms with Crippen LogP contribution in [0.15, 0.2) is 12.3 Å². The van der Waals surface area contributed by atoms with Crippen LogP contribution in [-0.4, -0.2) is 11.1 Å². The van der Waals surface area contributed by atoms with Crippen molar-refractivity contribution in [2.75, 3.05) is 0 Å². The lowest BCUT2D eigenvalue weighted by molar-refractivity contribution is 0.301. The van der Waals surface area contributed by atoms with Gasteiger partial charge in [-0.3, -0.25) is 0 Å². The molecule has 0 N–H and O–H groups in total. The second-order valence-electron chi connectivity index (χ2n) is 5.08. The maximum atomic E-state index is 5.75. The maximum absolute atomic E-state index is 5.75. The number of rotatable bonds is 2. The van der Waals surface area contributed by atoms with Gasteiger partial charge in [0, 0.05) is 0 Å². The monoisotopic (exact) mass is 317 g/mol. The minimum absolute atomic E-state index is 0.131. The van der Waals surface area contributed by atoms with Gasteiger partial charge in [-0.2, -0.15) is 0 Å². The Hall–Kier alpha value is -0.320. The molecule has 1 aromatic rings. The summed E-state index contributed by atoms with van der Waals surface area (Å²) in [4.78, 5) is 4.39. The molecule has 1 fully saturated rings. The maximum Gasteiger partial charge on any atom is 0.138 e. The highest BCUT2D eigenvalue weighted by molar-refractivity contribution is 14.1. The summed E-state index contributed by atoms with van der Waals surface area (Å²) in [6, 6.07) is 2.13. The summed E-state index contributed by atoms with van der Waals surface area (Å²) < 4.78 is 6.82. The van der Waals surface area contributed by atoms with Gasteiger partial charge < -0.3 is 4.74 Å². The zero-order chi connectivity index (χ0) is 11.1. The van der Waals surface area contributed by atoms with E-state index in [1.165, 1.54) is 18.4 Å². The first-order chi connectivity index (χ1) is 6.97. The fourth-order valence-electron chi connectivity index (χ4n) is 1.40. The third kappa shape index (κ3) is 2.83. The van der Waals surface area contributed by atoms with E-state index in [1.54, 1.807) is 0 Å². The van der Waals surface area contributed by atoms with Crippen LogP contribution < -0.4 is 4.74 Å². The molecule has 1 heterocycles. The second-order valence-corrected chi connectivity index (χ2v) is 6.10. The smallest absolute Gasteiger partial charge is 0.138 e. The Labute approximate surface area is 105 Å². The first-order valence-corrected chi connectivity index (χ1v) is 6.37. The summed E-state index contributed by atoms with van der Waals surface area (Å²) >= 11 is 2.28. The van der Waals surface area contributed by atoms with Crippen LogP contribution in [0.4, 0.5) is 0 Å². The predicted octanol–water partition coefficient (Wildman–Crippen LogP) is 3.52. The molecule has 3 heteroatoms. The molecule has 0 atom stereocenters. The van der Waals surface area contributed by atoms with E-state index in [9.17, 15) is 0 Å². The van der Waals surface area contributed by atoms with Crippen molar-refractivity contribution in [3.63, 3.8) is 0 Å². The zero-order valence-electron chi connectivity index (χ0n) is 9.38. The molecule has 1 aliphatic carbocycles. The number of aromatic nitrogens is 1. The van der Waals surface area contributed by atoms with E-state index in [2.05, 4.69) is 54.4 Å². The highest BCUT2D eigenvalue weighted by atomic mass is 127. The fourth-order valence-corrected chi connectivity index (χ4v) is 2.50. The quantitative estimate of drug-likeness (QED) is 0.615. The number of pyridine rings is 1. The van der Waals surface area contributed by atoms with Gasteiger partial charge in [-0.1, -0.05) is 20.8 Å². The number of hydrogen-bond donors (Lipinski definition) is 0. The number of ether oxygens (including phenoxy) is 1. The minimum atomic E-state index is 0.131. The van der Waals surface area contributed by atoms with Gasteiger partial charge in [-0.15, -0.1) is 0 Å². The van der Waals surface area contributed by atoms with Crippen LogP contribution in [0, 0.1) is 3.70 Å². The average Bonchev–Trinajstić information content (AvgIpc) is 2.90. The lowest BCUT2D eigenvalue weighted by Crippen LogP contribution is -2.14. The fraction of sp³-hybridized carbons (Fsp3) is 0.583. The largest absolute Gasteiger partial charge is 0.489 e. The number of nitrogens with zero attached hydrogens (tertiary/aromatic N) is 1. The van der Waals surface area contributed by atoms with E-state index in [0.29, 0.717) is 6.10 Å². The van der Waals surface area contributed by atoms with Crippen molar-refractivity contribution >= 4 is 22.6 Å². The van der Waals surface area contributed by atoms with Crippen LogP contribution in [0.3, 0.4) is 0 Å². The molecule has 0 saturated heterocycles. The van der Waals surface area contributed by atoms with Crippen LogP contribution >= 0.6 is 22.6 Å². The molecule has 2 nitrogen and oxygen atoms in total. The Morgan fingerprint density at radius 2 is 2.07 bits per heavy atom. The Balaban J connectivity index is 2.27. The van der Waals surface area contributed by atoms with E-state index < -0.39 is 0 Å². The van der Waals surface area contributed by atoms with Gasteiger partial charge in [-0.25, -0.2) is 4.98 Å². The van der Waals surface area contributed by atoms with Gasteiger partial charge in [0.15, 0.2) is 0 Å². The van der Waals surface area contributed by atoms with E-state index >= 15 is 0 Å². The first kappa shape index (κ1) is 11.2. The minimum Gasteiger partial charge on any atom is -0.489 e. The lowest BCUT2D eigenvalue weighted by Gasteiger charge is -2.20. The van der Waals surface area contributed by atoms with Crippen LogP contribution in [0.5, 0.6) is 5.75 Å². The van der Waals surface area contributed by atoms with Crippen molar-refractivity contribution in [3.8, 4) is 5.75 Å². The van der Waals surface area contributed by atoms with Crippen LogP contribution in [0.1, 0.15) is 39.2 Å². The highest BCUT2D eigenvalue weighted by Crippen LogP contribution is 2.31. The predicted molar refractivity (Wildman–Crippen MR) is 69.3 cm³/mol. The molecule has 82 valence electrons. The van der Waals surface area contributed by atoms with Crippen molar-refractivity contribution in [3.05, 3.63) is 21.5 Å². The van der Waals surface area contributed by atoms with Crippen molar-refractivity contribution in [1.29, 1.82) is 0 Å². The van der Waals surface area contributed by atoms with E-state index in [4.69, 9.17) is 4.74 Å². The molecule has 1 aliphatic rings. The lowest BCUT2D eigenvalue weighted by atomic mass is 9.88. The summed E-state index contributed by atoms with van der Waals surface area (Å²) in [7, 11) is 0. The molecule has 0 radical (unpaired) electrons. The standard InChI is InChI=1S/C12H16INO/c1-12(2,3)10-6-9(7-14-11(10)13)15-8-4-5-8/h6-8H,4-5H2,1-3H3. The Morgan fingerprint density at radius 1 is 1.40 bits per heavy atom. The van der Waals surface area contributed by atoms with Gasteiger partial charge in [-0.05, 0) is 52.5 Å². The highest BCUT2D eigenvalue weighted by Gasteiger charge is 2.25. The van der Waals surface area contributed by atoms with Crippen LogP contribution in [0.25, 0.3) is 0 Å². The first-order valence-electron chi connectivity index (χ1n) is 5.29.